The van der Waals surface area contributed by atoms with Crippen molar-refractivity contribution < 1.29 is 19.4 Å². The van der Waals surface area contributed by atoms with Gasteiger partial charge in [-0.3, -0.25) is 4.79 Å². The number of aromatic nitrogens is 1. The van der Waals surface area contributed by atoms with Gasteiger partial charge in [-0.05, 0) is 30.2 Å². The molecule has 3 rings (SSSR count). The molecule has 2 aromatic carbocycles. The molecule has 0 saturated heterocycles. The first-order valence-corrected chi connectivity index (χ1v) is 9.55. The van der Waals surface area contributed by atoms with E-state index >= 15 is 0 Å². The van der Waals surface area contributed by atoms with Crippen molar-refractivity contribution in [1.29, 1.82) is 0 Å². The summed E-state index contributed by atoms with van der Waals surface area (Å²) >= 11 is 1.04. The number of ether oxygens (including phenoxy) is 1. The van der Waals surface area contributed by atoms with Gasteiger partial charge in [-0.15, -0.1) is 11.3 Å². The smallest absolute Gasteiger partial charge is 0.347 e. The summed E-state index contributed by atoms with van der Waals surface area (Å²) < 4.78 is 5.74. The van der Waals surface area contributed by atoms with Crippen LogP contribution in [-0.2, 0) is 24.4 Å². The number of nitrogens with zero attached hydrogens (tertiary/aromatic N) is 1. The Balaban J connectivity index is 1.47. The summed E-state index contributed by atoms with van der Waals surface area (Å²) in [5.74, 6) is -0.454. The minimum atomic E-state index is -1.02. The van der Waals surface area contributed by atoms with Crippen LogP contribution in [0.15, 0.2) is 54.6 Å². The lowest BCUT2D eigenvalue weighted by Gasteiger charge is -2.08. The number of rotatable bonds is 8. The van der Waals surface area contributed by atoms with Crippen LogP contribution in [0.1, 0.15) is 31.5 Å². The molecule has 144 valence electrons. The van der Waals surface area contributed by atoms with Crippen LogP contribution in [0.5, 0.6) is 5.75 Å². The van der Waals surface area contributed by atoms with Crippen molar-refractivity contribution in [3.63, 3.8) is 0 Å². The highest BCUT2D eigenvalue weighted by molar-refractivity contribution is 7.13. The molecule has 1 amide bonds. The second-order valence-corrected chi connectivity index (χ2v) is 7.28. The topological polar surface area (TPSA) is 88.5 Å². The van der Waals surface area contributed by atoms with Crippen LogP contribution in [0.25, 0.3) is 0 Å². The van der Waals surface area contributed by atoms with E-state index in [2.05, 4.69) is 10.3 Å². The number of nitrogens with one attached hydrogen (secondary N) is 1. The van der Waals surface area contributed by atoms with E-state index in [0.29, 0.717) is 23.9 Å². The lowest BCUT2D eigenvalue weighted by Crippen LogP contribution is -2.24. The Kier molecular flexibility index (Phi) is 6.39. The monoisotopic (exact) mass is 396 g/mol. The number of amides is 1. The van der Waals surface area contributed by atoms with Gasteiger partial charge in [-0.25, -0.2) is 9.78 Å². The van der Waals surface area contributed by atoms with Crippen LogP contribution in [0.3, 0.4) is 0 Å². The zero-order chi connectivity index (χ0) is 19.9. The van der Waals surface area contributed by atoms with Crippen molar-refractivity contribution in [1.82, 2.24) is 10.3 Å². The van der Waals surface area contributed by atoms with E-state index in [9.17, 15) is 9.59 Å². The molecule has 0 aliphatic heterocycles. The van der Waals surface area contributed by atoms with Crippen LogP contribution in [-0.4, -0.2) is 22.0 Å². The molecule has 0 atom stereocenters. The summed E-state index contributed by atoms with van der Waals surface area (Å²) in [6.07, 6.45) is 0.0665. The zero-order valence-electron chi connectivity index (χ0n) is 15.3. The van der Waals surface area contributed by atoms with Crippen LogP contribution >= 0.6 is 11.3 Å². The van der Waals surface area contributed by atoms with E-state index in [1.807, 2.05) is 54.6 Å². The highest BCUT2D eigenvalue weighted by atomic mass is 32.1. The van der Waals surface area contributed by atoms with Crippen molar-refractivity contribution in [3.8, 4) is 5.75 Å². The molecular weight excluding hydrogens is 376 g/mol. The molecule has 6 nitrogen and oxygen atoms in total. The quantitative estimate of drug-likeness (QED) is 0.607. The Labute approximate surface area is 166 Å². The molecule has 28 heavy (non-hydrogen) atoms. The number of carboxylic acids is 1. The lowest BCUT2D eigenvalue weighted by molar-refractivity contribution is -0.120. The summed E-state index contributed by atoms with van der Waals surface area (Å²) in [4.78, 5) is 27.5. The van der Waals surface area contributed by atoms with E-state index in [-0.39, 0.29) is 17.2 Å². The molecule has 1 heterocycles. The molecule has 0 fully saturated rings. The van der Waals surface area contributed by atoms with Crippen molar-refractivity contribution >= 4 is 23.2 Å². The Morgan fingerprint density at radius 2 is 1.79 bits per heavy atom. The lowest BCUT2D eigenvalue weighted by atomic mass is 10.2. The molecule has 0 spiro atoms. The molecule has 0 aliphatic rings. The highest BCUT2D eigenvalue weighted by Gasteiger charge is 2.15. The number of benzene rings is 2. The van der Waals surface area contributed by atoms with E-state index in [0.717, 1.165) is 28.2 Å². The second-order valence-electron chi connectivity index (χ2n) is 6.20. The minimum Gasteiger partial charge on any atom is -0.489 e. The largest absolute Gasteiger partial charge is 0.489 e. The number of hydrogen-bond acceptors (Lipinski definition) is 5. The Morgan fingerprint density at radius 1 is 1.07 bits per heavy atom. The van der Waals surface area contributed by atoms with Crippen LogP contribution < -0.4 is 10.1 Å². The third-order valence-electron chi connectivity index (χ3n) is 4.01. The van der Waals surface area contributed by atoms with Gasteiger partial charge in [-0.1, -0.05) is 42.5 Å². The number of thiazole rings is 1. The van der Waals surface area contributed by atoms with Crippen LogP contribution in [0.2, 0.25) is 0 Å². The molecule has 1 aromatic heterocycles. The maximum absolute atomic E-state index is 12.1. The van der Waals surface area contributed by atoms with Gasteiger partial charge in [0.1, 0.15) is 22.2 Å². The first kappa shape index (κ1) is 19.6. The molecule has 7 heteroatoms. The second kappa shape index (κ2) is 9.14. The van der Waals surface area contributed by atoms with Gasteiger partial charge in [0.15, 0.2) is 0 Å². The third-order valence-corrected chi connectivity index (χ3v) is 5.15. The number of aromatic carboxylic acids is 1. The van der Waals surface area contributed by atoms with Gasteiger partial charge in [-0.2, -0.15) is 0 Å². The Bertz CT molecular complexity index is 952. The van der Waals surface area contributed by atoms with Crippen molar-refractivity contribution in [3.05, 3.63) is 81.3 Å². The van der Waals surface area contributed by atoms with Crippen molar-refractivity contribution in [2.45, 2.75) is 26.5 Å². The number of carboxylic acid groups (broad SMARTS) is 1. The summed E-state index contributed by atoms with van der Waals surface area (Å²) in [6.45, 7) is 2.51. The number of carbonyl (C=O) groups is 2. The van der Waals surface area contributed by atoms with Gasteiger partial charge in [0.05, 0.1) is 12.1 Å². The maximum Gasteiger partial charge on any atom is 0.347 e. The number of hydrogen-bond donors (Lipinski definition) is 2. The predicted octanol–water partition coefficient (Wildman–Crippen LogP) is 3.59. The normalized spacial score (nSPS) is 10.5. The Hall–Kier alpha value is -3.19. The van der Waals surface area contributed by atoms with Gasteiger partial charge >= 0.3 is 5.97 Å². The van der Waals surface area contributed by atoms with Crippen molar-refractivity contribution in [2.75, 3.05) is 0 Å². The van der Waals surface area contributed by atoms with Crippen LogP contribution in [0, 0.1) is 6.92 Å². The zero-order valence-corrected chi connectivity index (χ0v) is 16.2. The fourth-order valence-electron chi connectivity index (χ4n) is 2.57. The SMILES string of the molecule is Cc1nc(CC(=O)NCc2ccc(OCc3ccccc3)cc2)sc1C(=O)O. The molecule has 0 aliphatic carbocycles. The highest BCUT2D eigenvalue weighted by Crippen LogP contribution is 2.18. The number of carbonyl (C=O) groups excluding carboxylic acids is 1. The van der Waals surface area contributed by atoms with Crippen LogP contribution in [0.4, 0.5) is 0 Å². The van der Waals surface area contributed by atoms with E-state index in [1.165, 1.54) is 0 Å². The summed E-state index contributed by atoms with van der Waals surface area (Å²) in [7, 11) is 0. The van der Waals surface area contributed by atoms with Gasteiger partial charge in [0, 0.05) is 6.54 Å². The molecular formula is C21H20N2O4S. The van der Waals surface area contributed by atoms with Gasteiger partial charge < -0.3 is 15.2 Å². The first-order chi connectivity index (χ1) is 13.5. The predicted molar refractivity (Wildman–Crippen MR) is 107 cm³/mol. The molecule has 3 aromatic rings. The molecule has 0 unspecified atom stereocenters. The fraction of sp³-hybridized carbons (Fsp3) is 0.190. The van der Waals surface area contributed by atoms with Gasteiger partial charge in [0.2, 0.25) is 5.91 Å². The first-order valence-electron chi connectivity index (χ1n) is 8.73. The summed E-state index contributed by atoms with van der Waals surface area (Å²) in [6, 6.07) is 17.5. The van der Waals surface area contributed by atoms with E-state index in [4.69, 9.17) is 9.84 Å². The summed E-state index contributed by atoms with van der Waals surface area (Å²) in [5, 5.41) is 12.4. The van der Waals surface area contributed by atoms with E-state index < -0.39 is 5.97 Å². The molecule has 0 radical (unpaired) electrons. The minimum absolute atomic E-state index is 0.0665. The average molecular weight is 396 g/mol. The summed E-state index contributed by atoms with van der Waals surface area (Å²) in [5.41, 5.74) is 2.48. The van der Waals surface area contributed by atoms with Crippen molar-refractivity contribution in [2.24, 2.45) is 0 Å². The molecule has 2 N–H and O–H groups in total. The average Bonchev–Trinajstić information content (AvgIpc) is 3.06. The third kappa shape index (κ3) is 5.40. The van der Waals surface area contributed by atoms with Gasteiger partial charge in [0.25, 0.3) is 0 Å². The number of aryl methyl sites for hydroxylation is 1. The Morgan fingerprint density at radius 3 is 2.43 bits per heavy atom. The fourth-order valence-corrected chi connectivity index (χ4v) is 3.47. The standard InChI is InChI=1S/C21H20N2O4S/c1-14-20(21(25)26)28-19(23-14)11-18(24)22-12-15-7-9-17(10-8-15)27-13-16-5-3-2-4-6-16/h2-10H,11-13H2,1H3,(H,22,24)(H,25,26). The molecule has 0 bridgehead atoms. The molecule has 0 saturated carbocycles. The maximum atomic E-state index is 12.1. The van der Waals surface area contributed by atoms with E-state index in [1.54, 1.807) is 6.92 Å².